The van der Waals surface area contributed by atoms with E-state index in [-0.39, 0.29) is 23.5 Å². The molecule has 1 aromatic heterocycles. The molecule has 8 heteroatoms. The molecule has 1 atom stereocenters. The average Bonchev–Trinajstić information content (AvgIpc) is 3.11. The number of methoxy groups -OCH3 is 1. The molecule has 27 heavy (non-hydrogen) atoms. The number of hydrogen-bond acceptors (Lipinski definition) is 6. The SMILES string of the molecule is COc1cc(C(=O)N2CCC(N(C)Cc3cc(=O)[nH]c(N)n3)C2)ccc1C. The number of rotatable bonds is 5. The Morgan fingerprint density at radius 2 is 2.22 bits per heavy atom. The van der Waals surface area contributed by atoms with E-state index in [1.165, 1.54) is 6.07 Å². The number of nitrogen functional groups attached to an aromatic ring is 1. The predicted octanol–water partition coefficient (Wildman–Crippen LogP) is 1.02. The van der Waals surface area contributed by atoms with Gasteiger partial charge >= 0.3 is 0 Å². The Morgan fingerprint density at radius 3 is 2.93 bits per heavy atom. The lowest BCUT2D eigenvalue weighted by molar-refractivity contribution is 0.0779. The van der Waals surface area contributed by atoms with Crippen LogP contribution in [-0.4, -0.2) is 59.0 Å². The Labute approximate surface area is 158 Å². The Bertz CT molecular complexity index is 895. The second-order valence-corrected chi connectivity index (χ2v) is 6.92. The van der Waals surface area contributed by atoms with Gasteiger partial charge in [0.2, 0.25) is 5.95 Å². The topological polar surface area (TPSA) is 105 Å². The Balaban J connectivity index is 1.65. The quantitative estimate of drug-likeness (QED) is 0.813. The lowest BCUT2D eigenvalue weighted by atomic mass is 10.1. The van der Waals surface area contributed by atoms with Gasteiger partial charge in [0, 0.05) is 37.3 Å². The Morgan fingerprint density at radius 1 is 1.44 bits per heavy atom. The molecule has 0 saturated carbocycles. The van der Waals surface area contributed by atoms with Gasteiger partial charge in [0.25, 0.3) is 11.5 Å². The molecule has 1 saturated heterocycles. The number of amides is 1. The van der Waals surface area contributed by atoms with E-state index in [2.05, 4.69) is 14.9 Å². The number of nitrogens with two attached hydrogens (primary N) is 1. The van der Waals surface area contributed by atoms with Crippen molar-refractivity contribution >= 4 is 11.9 Å². The van der Waals surface area contributed by atoms with E-state index in [1.807, 2.05) is 31.0 Å². The summed E-state index contributed by atoms with van der Waals surface area (Å²) >= 11 is 0. The standard InChI is InChI=1S/C19H25N5O3/c1-12-4-5-13(8-16(12)27-3)18(26)24-7-6-15(11-24)23(2)10-14-9-17(25)22-19(20)21-14/h4-5,8-9,15H,6-7,10-11H2,1-3H3,(H3,20,21,22,25). The molecular formula is C19H25N5O3. The van der Waals surface area contributed by atoms with Gasteiger partial charge in [-0.05, 0) is 38.1 Å². The molecular weight excluding hydrogens is 346 g/mol. The molecule has 1 amide bonds. The summed E-state index contributed by atoms with van der Waals surface area (Å²) in [7, 11) is 3.57. The van der Waals surface area contributed by atoms with E-state index in [4.69, 9.17) is 10.5 Å². The molecule has 1 fully saturated rings. The summed E-state index contributed by atoms with van der Waals surface area (Å²) in [6.45, 7) is 3.77. The monoisotopic (exact) mass is 371 g/mol. The fraction of sp³-hybridized carbons (Fsp3) is 0.421. The smallest absolute Gasteiger partial charge is 0.254 e. The first-order valence-electron chi connectivity index (χ1n) is 8.87. The summed E-state index contributed by atoms with van der Waals surface area (Å²) in [6.07, 6.45) is 0.865. The molecule has 2 heterocycles. The van der Waals surface area contributed by atoms with Crippen LogP contribution < -0.4 is 16.0 Å². The fourth-order valence-electron chi connectivity index (χ4n) is 3.42. The molecule has 3 N–H and O–H groups in total. The van der Waals surface area contributed by atoms with Gasteiger partial charge in [-0.15, -0.1) is 0 Å². The number of nitrogens with one attached hydrogen (secondary N) is 1. The van der Waals surface area contributed by atoms with Gasteiger partial charge in [-0.3, -0.25) is 19.5 Å². The first kappa shape index (κ1) is 18.9. The van der Waals surface area contributed by atoms with Crippen molar-refractivity contribution in [2.24, 2.45) is 0 Å². The molecule has 8 nitrogen and oxygen atoms in total. The number of likely N-dealkylation sites (N-methyl/N-ethyl adjacent to an activating group) is 1. The van der Waals surface area contributed by atoms with E-state index in [0.29, 0.717) is 36.6 Å². The minimum Gasteiger partial charge on any atom is -0.496 e. The zero-order chi connectivity index (χ0) is 19.6. The molecule has 144 valence electrons. The highest BCUT2D eigenvalue weighted by atomic mass is 16.5. The van der Waals surface area contributed by atoms with Crippen LogP contribution in [-0.2, 0) is 6.54 Å². The van der Waals surface area contributed by atoms with Crippen LogP contribution in [0.15, 0.2) is 29.1 Å². The van der Waals surface area contributed by atoms with Crippen molar-refractivity contribution in [2.45, 2.75) is 25.9 Å². The largest absolute Gasteiger partial charge is 0.496 e. The maximum absolute atomic E-state index is 12.8. The van der Waals surface area contributed by atoms with E-state index < -0.39 is 0 Å². The maximum Gasteiger partial charge on any atom is 0.254 e. The molecule has 0 radical (unpaired) electrons. The molecule has 1 aromatic carbocycles. The van der Waals surface area contributed by atoms with Gasteiger partial charge in [-0.1, -0.05) is 6.07 Å². The van der Waals surface area contributed by atoms with Crippen LogP contribution in [0.1, 0.15) is 28.0 Å². The van der Waals surface area contributed by atoms with Crippen LogP contribution in [0.3, 0.4) is 0 Å². The molecule has 0 bridgehead atoms. The first-order chi connectivity index (χ1) is 12.9. The van der Waals surface area contributed by atoms with Crippen LogP contribution in [0.5, 0.6) is 5.75 Å². The average molecular weight is 371 g/mol. The van der Waals surface area contributed by atoms with E-state index in [9.17, 15) is 9.59 Å². The number of ether oxygens (including phenoxy) is 1. The van der Waals surface area contributed by atoms with Crippen molar-refractivity contribution in [3.63, 3.8) is 0 Å². The second kappa shape index (κ2) is 7.79. The molecule has 1 unspecified atom stereocenters. The number of anilines is 1. The summed E-state index contributed by atoms with van der Waals surface area (Å²) in [5.41, 5.74) is 7.58. The van der Waals surface area contributed by atoms with Crippen molar-refractivity contribution in [3.05, 3.63) is 51.4 Å². The number of carbonyl (C=O) groups is 1. The summed E-state index contributed by atoms with van der Waals surface area (Å²) in [6, 6.07) is 7.17. The number of aryl methyl sites for hydroxylation is 1. The fourth-order valence-corrected chi connectivity index (χ4v) is 3.42. The lowest BCUT2D eigenvalue weighted by Gasteiger charge is -2.24. The molecule has 0 spiro atoms. The molecule has 0 aliphatic carbocycles. The highest BCUT2D eigenvalue weighted by molar-refractivity contribution is 5.95. The molecule has 3 rings (SSSR count). The van der Waals surface area contributed by atoms with Gasteiger partial charge in [0.05, 0.1) is 12.8 Å². The van der Waals surface area contributed by atoms with Gasteiger partial charge in [0.15, 0.2) is 0 Å². The van der Waals surface area contributed by atoms with E-state index >= 15 is 0 Å². The summed E-state index contributed by atoms with van der Waals surface area (Å²) in [5.74, 6) is 0.830. The number of aromatic amines is 1. The van der Waals surface area contributed by atoms with Gasteiger partial charge < -0.3 is 15.4 Å². The van der Waals surface area contributed by atoms with Crippen molar-refractivity contribution in [1.82, 2.24) is 19.8 Å². The number of carbonyl (C=O) groups excluding carboxylic acids is 1. The Kier molecular flexibility index (Phi) is 5.46. The summed E-state index contributed by atoms with van der Waals surface area (Å²) in [5, 5.41) is 0. The molecule has 2 aromatic rings. The normalized spacial score (nSPS) is 16.7. The summed E-state index contributed by atoms with van der Waals surface area (Å²) in [4.78, 5) is 34.9. The zero-order valence-corrected chi connectivity index (χ0v) is 15.9. The predicted molar refractivity (Wildman–Crippen MR) is 103 cm³/mol. The van der Waals surface area contributed by atoms with E-state index in [0.717, 1.165) is 12.0 Å². The Hall–Kier alpha value is -2.87. The lowest BCUT2D eigenvalue weighted by Crippen LogP contribution is -2.36. The van der Waals surface area contributed by atoms with Crippen LogP contribution in [0.2, 0.25) is 0 Å². The van der Waals surface area contributed by atoms with Crippen LogP contribution in [0.4, 0.5) is 5.95 Å². The molecule has 1 aliphatic rings. The number of aromatic nitrogens is 2. The first-order valence-corrected chi connectivity index (χ1v) is 8.87. The number of benzene rings is 1. The number of nitrogens with zero attached hydrogens (tertiary/aromatic N) is 3. The highest BCUT2D eigenvalue weighted by Gasteiger charge is 2.29. The third kappa shape index (κ3) is 4.28. The van der Waals surface area contributed by atoms with Gasteiger partial charge in [0.1, 0.15) is 5.75 Å². The van der Waals surface area contributed by atoms with Gasteiger partial charge in [-0.25, -0.2) is 4.98 Å². The summed E-state index contributed by atoms with van der Waals surface area (Å²) < 4.78 is 5.32. The minimum atomic E-state index is -0.262. The van der Waals surface area contributed by atoms with Crippen LogP contribution in [0, 0.1) is 6.92 Å². The van der Waals surface area contributed by atoms with Crippen molar-refractivity contribution in [2.75, 3.05) is 33.0 Å². The zero-order valence-electron chi connectivity index (χ0n) is 15.9. The highest BCUT2D eigenvalue weighted by Crippen LogP contribution is 2.23. The maximum atomic E-state index is 12.8. The van der Waals surface area contributed by atoms with Crippen molar-refractivity contribution < 1.29 is 9.53 Å². The molecule has 1 aliphatic heterocycles. The number of H-pyrrole nitrogens is 1. The van der Waals surface area contributed by atoms with Crippen molar-refractivity contribution in [1.29, 1.82) is 0 Å². The van der Waals surface area contributed by atoms with Crippen LogP contribution in [0.25, 0.3) is 0 Å². The number of hydrogen-bond donors (Lipinski definition) is 2. The number of likely N-dealkylation sites (tertiary alicyclic amines) is 1. The third-order valence-electron chi connectivity index (χ3n) is 4.95. The van der Waals surface area contributed by atoms with Crippen molar-refractivity contribution in [3.8, 4) is 5.75 Å². The van der Waals surface area contributed by atoms with E-state index in [1.54, 1.807) is 13.2 Å². The minimum absolute atomic E-state index is 0.00252. The van der Waals surface area contributed by atoms with Crippen LogP contribution >= 0.6 is 0 Å². The second-order valence-electron chi connectivity index (χ2n) is 6.92. The van der Waals surface area contributed by atoms with Gasteiger partial charge in [-0.2, -0.15) is 0 Å². The third-order valence-corrected chi connectivity index (χ3v) is 4.95.